The molecule has 33 heavy (non-hydrogen) atoms. The van der Waals surface area contributed by atoms with Crippen LogP contribution in [-0.2, 0) is 21.9 Å². The quantitative estimate of drug-likeness (QED) is 0.400. The summed E-state index contributed by atoms with van der Waals surface area (Å²) in [6.07, 6.45) is 0.746. The van der Waals surface area contributed by atoms with Gasteiger partial charge in [-0.05, 0) is 43.2 Å². The lowest BCUT2D eigenvalue weighted by Gasteiger charge is -2.29. The van der Waals surface area contributed by atoms with Crippen molar-refractivity contribution in [2.45, 2.75) is 17.7 Å². The molecule has 1 fully saturated rings. The zero-order chi connectivity index (χ0) is 23.8. The molecule has 4 rings (SSSR count). The summed E-state index contributed by atoms with van der Waals surface area (Å²) in [5.41, 5.74) is 0.727. The van der Waals surface area contributed by atoms with Crippen LogP contribution in [-0.4, -0.2) is 48.3 Å². The van der Waals surface area contributed by atoms with Crippen LogP contribution in [0.3, 0.4) is 0 Å². The molecule has 0 atom stereocenters. The topological polar surface area (TPSA) is 124 Å². The minimum Gasteiger partial charge on any atom is -0.497 e. The van der Waals surface area contributed by atoms with Crippen molar-refractivity contribution < 1.29 is 22.9 Å². The predicted octanol–water partition coefficient (Wildman–Crippen LogP) is 2.68. The number of hydrogen-bond donors (Lipinski definition) is 0. The van der Waals surface area contributed by atoms with E-state index in [1.54, 1.807) is 29.8 Å². The molecule has 2 heterocycles. The normalized spacial score (nSPS) is 16.2. The van der Waals surface area contributed by atoms with Gasteiger partial charge in [-0.3, -0.25) is 14.9 Å². The first-order valence-corrected chi connectivity index (χ1v) is 12.4. The summed E-state index contributed by atoms with van der Waals surface area (Å²) < 4.78 is 34.7. The molecule has 1 saturated heterocycles. The summed E-state index contributed by atoms with van der Waals surface area (Å²) in [5.74, 6) is -0.121. The number of carbonyl (C=O) groups excluding carboxylic acids is 1. The highest BCUT2D eigenvalue weighted by molar-refractivity contribution is 7.89. The number of ether oxygens (including phenoxy) is 1. The van der Waals surface area contributed by atoms with E-state index in [0.717, 1.165) is 5.52 Å². The van der Waals surface area contributed by atoms with E-state index in [9.17, 15) is 23.3 Å². The van der Waals surface area contributed by atoms with Crippen LogP contribution in [0.2, 0.25) is 0 Å². The van der Waals surface area contributed by atoms with Gasteiger partial charge in [0.2, 0.25) is 10.0 Å². The van der Waals surface area contributed by atoms with E-state index in [0.29, 0.717) is 28.1 Å². The van der Waals surface area contributed by atoms with Crippen LogP contribution in [0.5, 0.6) is 5.75 Å². The molecule has 1 aliphatic rings. The molecule has 0 spiro atoms. The number of carbonyl (C=O) groups is 1. The molecule has 1 aliphatic heterocycles. The minimum atomic E-state index is -3.65. The Morgan fingerprint density at radius 2 is 1.85 bits per heavy atom. The fourth-order valence-corrected chi connectivity index (χ4v) is 6.29. The maximum atomic E-state index is 12.9. The Hall–Kier alpha value is -3.09. The molecule has 0 aliphatic carbocycles. The number of aromatic nitrogens is 1. The van der Waals surface area contributed by atoms with Gasteiger partial charge in [-0.2, -0.15) is 9.30 Å². The third-order valence-electron chi connectivity index (χ3n) is 5.71. The monoisotopic (exact) mass is 490 g/mol. The van der Waals surface area contributed by atoms with Crippen molar-refractivity contribution in [3.63, 3.8) is 0 Å². The lowest BCUT2D eigenvalue weighted by molar-refractivity contribution is -0.384. The number of aryl methyl sites for hydroxylation is 1. The van der Waals surface area contributed by atoms with Crippen LogP contribution in [0.4, 0.5) is 5.69 Å². The largest absolute Gasteiger partial charge is 0.497 e. The van der Waals surface area contributed by atoms with Crippen molar-refractivity contribution in [1.82, 2.24) is 8.87 Å². The number of hydrogen-bond acceptors (Lipinski definition) is 7. The molecule has 3 aromatic rings. The number of non-ortho nitro benzene ring substituents is 1. The molecule has 0 N–H and O–H groups in total. The van der Waals surface area contributed by atoms with Gasteiger partial charge in [-0.1, -0.05) is 11.3 Å². The average molecular weight is 491 g/mol. The number of amides is 1. The summed E-state index contributed by atoms with van der Waals surface area (Å²) in [6, 6.07) is 10.7. The Morgan fingerprint density at radius 1 is 1.18 bits per heavy atom. The molecule has 0 saturated carbocycles. The molecule has 174 valence electrons. The van der Waals surface area contributed by atoms with Gasteiger partial charge in [-0.15, -0.1) is 0 Å². The van der Waals surface area contributed by atoms with Crippen molar-refractivity contribution in [2.24, 2.45) is 18.0 Å². The van der Waals surface area contributed by atoms with E-state index >= 15 is 0 Å². The Kier molecular flexibility index (Phi) is 6.32. The van der Waals surface area contributed by atoms with E-state index < -0.39 is 14.9 Å². The third kappa shape index (κ3) is 4.54. The van der Waals surface area contributed by atoms with Gasteiger partial charge in [0.15, 0.2) is 4.80 Å². The van der Waals surface area contributed by atoms with Gasteiger partial charge in [-0.25, -0.2) is 8.42 Å². The number of nitrogens with zero attached hydrogens (tertiary/aromatic N) is 4. The van der Waals surface area contributed by atoms with Gasteiger partial charge in [0, 0.05) is 38.2 Å². The summed E-state index contributed by atoms with van der Waals surface area (Å²) in [5, 5.41) is 11.0. The Morgan fingerprint density at radius 3 is 2.45 bits per heavy atom. The first-order chi connectivity index (χ1) is 15.7. The van der Waals surface area contributed by atoms with Crippen LogP contribution < -0.4 is 9.54 Å². The van der Waals surface area contributed by atoms with Crippen molar-refractivity contribution in [1.29, 1.82) is 0 Å². The Balaban J connectivity index is 1.48. The number of nitro benzene ring substituents is 1. The maximum absolute atomic E-state index is 12.9. The van der Waals surface area contributed by atoms with Crippen LogP contribution in [0.25, 0.3) is 10.2 Å². The highest BCUT2D eigenvalue weighted by atomic mass is 32.2. The number of thiazole rings is 1. The zero-order valence-electron chi connectivity index (χ0n) is 18.0. The van der Waals surface area contributed by atoms with E-state index in [1.165, 1.54) is 47.0 Å². The number of methoxy groups -OCH3 is 1. The van der Waals surface area contributed by atoms with E-state index in [4.69, 9.17) is 4.74 Å². The molecule has 2 aromatic carbocycles. The van der Waals surface area contributed by atoms with Crippen LogP contribution in [0.1, 0.15) is 12.8 Å². The van der Waals surface area contributed by atoms with Gasteiger partial charge in [0.05, 0.1) is 27.1 Å². The van der Waals surface area contributed by atoms with Crippen LogP contribution in [0, 0.1) is 16.0 Å². The second-order valence-electron chi connectivity index (χ2n) is 7.66. The number of nitro groups is 1. The Bertz CT molecular complexity index is 1380. The molecule has 1 amide bonds. The summed E-state index contributed by atoms with van der Waals surface area (Å²) in [6.45, 7) is 0.454. The van der Waals surface area contributed by atoms with E-state index in [2.05, 4.69) is 4.99 Å². The molecule has 0 bridgehead atoms. The van der Waals surface area contributed by atoms with Crippen LogP contribution >= 0.6 is 11.3 Å². The van der Waals surface area contributed by atoms with Gasteiger partial charge in [0.1, 0.15) is 5.75 Å². The van der Waals surface area contributed by atoms with Crippen molar-refractivity contribution in [3.8, 4) is 5.75 Å². The highest BCUT2D eigenvalue weighted by Crippen LogP contribution is 2.26. The average Bonchev–Trinajstić information content (AvgIpc) is 3.13. The molecule has 0 unspecified atom stereocenters. The summed E-state index contributed by atoms with van der Waals surface area (Å²) in [4.78, 5) is 28.2. The fourth-order valence-electron chi connectivity index (χ4n) is 3.77. The lowest BCUT2D eigenvalue weighted by atomic mass is 9.98. The molecule has 10 nitrogen and oxygen atoms in total. The van der Waals surface area contributed by atoms with E-state index in [-0.39, 0.29) is 35.5 Å². The molecule has 1 aromatic heterocycles. The molecule has 12 heteroatoms. The smallest absolute Gasteiger partial charge is 0.270 e. The Labute approximate surface area is 193 Å². The van der Waals surface area contributed by atoms with E-state index in [1.807, 2.05) is 0 Å². The fraction of sp³-hybridized carbons (Fsp3) is 0.333. The molecular weight excluding hydrogens is 468 g/mol. The van der Waals surface area contributed by atoms with Crippen molar-refractivity contribution >= 4 is 43.2 Å². The second-order valence-corrected chi connectivity index (χ2v) is 10.6. The molecular formula is C21H22N4O6S2. The van der Waals surface area contributed by atoms with Crippen molar-refractivity contribution in [3.05, 3.63) is 57.4 Å². The SMILES string of the molecule is COc1ccc(S(=O)(=O)N2CCC(C(=O)N=c3sc4cc([N+](=O)[O-])ccc4n3C)CC2)cc1. The maximum Gasteiger partial charge on any atom is 0.270 e. The zero-order valence-corrected chi connectivity index (χ0v) is 19.6. The first-order valence-electron chi connectivity index (χ1n) is 10.2. The summed E-state index contributed by atoms with van der Waals surface area (Å²) >= 11 is 1.21. The summed E-state index contributed by atoms with van der Waals surface area (Å²) in [7, 11) is -0.388. The minimum absolute atomic E-state index is 0.0207. The predicted molar refractivity (Wildman–Crippen MR) is 122 cm³/mol. The highest BCUT2D eigenvalue weighted by Gasteiger charge is 2.32. The third-order valence-corrected chi connectivity index (χ3v) is 8.72. The number of rotatable bonds is 5. The van der Waals surface area contributed by atoms with Crippen LogP contribution in [0.15, 0.2) is 52.4 Å². The van der Waals surface area contributed by atoms with Gasteiger partial charge < -0.3 is 9.30 Å². The standard InChI is InChI=1S/C21H22N4O6S2/c1-23-18-8-3-15(25(27)28)13-19(18)32-21(23)22-20(26)14-9-11-24(12-10-14)33(29,30)17-6-4-16(31-2)5-7-17/h3-8,13-14H,9-12H2,1-2H3. The van der Waals surface area contributed by atoms with Gasteiger partial charge in [0.25, 0.3) is 11.6 Å². The lowest BCUT2D eigenvalue weighted by Crippen LogP contribution is -2.40. The van der Waals surface area contributed by atoms with Gasteiger partial charge >= 0.3 is 0 Å². The number of fused-ring (bicyclic) bond motifs is 1. The first kappa shape index (κ1) is 23.1. The number of benzene rings is 2. The molecule has 0 radical (unpaired) electrons. The second kappa shape index (κ2) is 9.04. The number of piperidine rings is 1. The number of sulfonamides is 1. The van der Waals surface area contributed by atoms with Crippen molar-refractivity contribution in [2.75, 3.05) is 20.2 Å².